The number of rotatable bonds is 9. The van der Waals surface area contributed by atoms with E-state index in [1.54, 1.807) is 81.4 Å². The van der Waals surface area contributed by atoms with Gasteiger partial charge in [-0.2, -0.15) is 13.2 Å². The van der Waals surface area contributed by atoms with E-state index in [1.165, 1.54) is 11.1 Å². The van der Waals surface area contributed by atoms with Crippen LogP contribution in [0.25, 0.3) is 5.70 Å². The molecular weight excluding hydrogens is 515 g/mol. The van der Waals surface area contributed by atoms with Crippen LogP contribution in [0, 0.1) is 5.92 Å². The minimum Gasteiger partial charge on any atom is -0.449 e. The lowest BCUT2D eigenvalue weighted by Gasteiger charge is -2.40. The molecule has 2 aromatic rings. The second-order valence-corrected chi connectivity index (χ2v) is 9.45. The molecule has 3 rings (SSSR count). The summed E-state index contributed by atoms with van der Waals surface area (Å²) in [6.07, 6.45) is -7.41. The van der Waals surface area contributed by atoms with Crippen molar-refractivity contribution in [3.05, 3.63) is 78.0 Å². The first-order chi connectivity index (χ1) is 18.4. The number of carbonyl (C=O) groups excluding carboxylic acids is 3. The van der Waals surface area contributed by atoms with Gasteiger partial charge < -0.3 is 15.2 Å². The summed E-state index contributed by atoms with van der Waals surface area (Å²) in [6.45, 7) is 4.54. The average Bonchev–Trinajstić information content (AvgIpc) is 2.89. The molecule has 0 radical (unpaired) electrons. The number of aliphatic hydroxyl groups is 1. The molecule has 0 saturated carbocycles. The number of benzene rings is 2. The summed E-state index contributed by atoms with van der Waals surface area (Å²) in [4.78, 5) is 41.9. The average molecular weight is 548 g/mol. The Balaban J connectivity index is 1.95. The molecule has 8 nitrogen and oxygen atoms in total. The number of halogens is 3. The van der Waals surface area contributed by atoms with Crippen LogP contribution in [0.3, 0.4) is 0 Å². The molecule has 0 aromatic heterocycles. The summed E-state index contributed by atoms with van der Waals surface area (Å²) in [5, 5.41) is 12.3. The molecule has 11 heteroatoms. The Bertz CT molecular complexity index is 1170. The van der Waals surface area contributed by atoms with E-state index < -0.39 is 48.8 Å². The van der Waals surface area contributed by atoms with Gasteiger partial charge in [0.2, 0.25) is 5.91 Å². The van der Waals surface area contributed by atoms with Crippen molar-refractivity contribution in [2.24, 2.45) is 5.92 Å². The summed E-state index contributed by atoms with van der Waals surface area (Å²) in [5.41, 5.74) is 1.19. The maximum absolute atomic E-state index is 13.7. The van der Waals surface area contributed by atoms with Gasteiger partial charge in [-0.15, -0.1) is 0 Å². The second-order valence-electron chi connectivity index (χ2n) is 9.45. The molecule has 2 N–H and O–H groups in total. The molecule has 210 valence electrons. The van der Waals surface area contributed by atoms with Crippen molar-refractivity contribution in [1.29, 1.82) is 0 Å². The number of amides is 3. The van der Waals surface area contributed by atoms with E-state index in [1.807, 2.05) is 0 Å². The number of carbonyl (C=O) groups is 3. The highest BCUT2D eigenvalue weighted by molar-refractivity contribution is 5.99. The van der Waals surface area contributed by atoms with Crippen LogP contribution in [0.4, 0.5) is 18.0 Å². The minimum absolute atomic E-state index is 0.0826. The van der Waals surface area contributed by atoms with Gasteiger partial charge in [0.15, 0.2) is 6.10 Å². The normalized spacial score (nSPS) is 17.5. The van der Waals surface area contributed by atoms with Crippen LogP contribution in [0.15, 0.2) is 66.9 Å². The topological polar surface area (TPSA) is 99.2 Å². The highest BCUT2D eigenvalue weighted by Gasteiger charge is 2.45. The highest BCUT2D eigenvalue weighted by Crippen LogP contribution is 2.30. The third-order valence-corrected chi connectivity index (χ3v) is 6.21. The first kappa shape index (κ1) is 29.7. The molecule has 0 fully saturated rings. The fraction of sp³-hybridized carbons (Fsp3) is 0.393. The van der Waals surface area contributed by atoms with E-state index in [9.17, 15) is 32.7 Å². The van der Waals surface area contributed by atoms with E-state index in [4.69, 9.17) is 4.74 Å². The van der Waals surface area contributed by atoms with Gasteiger partial charge in [-0.05, 0) is 30.4 Å². The van der Waals surface area contributed by atoms with Gasteiger partial charge in [-0.1, -0.05) is 74.5 Å². The zero-order valence-corrected chi connectivity index (χ0v) is 21.9. The van der Waals surface area contributed by atoms with Crippen LogP contribution in [0.5, 0.6) is 0 Å². The zero-order chi connectivity index (χ0) is 28.7. The first-order valence-electron chi connectivity index (χ1n) is 12.6. The lowest BCUT2D eigenvalue weighted by molar-refractivity contribution is -0.212. The van der Waals surface area contributed by atoms with Crippen LogP contribution in [-0.2, 0) is 20.7 Å². The molecule has 1 heterocycles. The highest BCUT2D eigenvalue weighted by atomic mass is 19.4. The summed E-state index contributed by atoms with van der Waals surface area (Å²) >= 11 is 0. The molecule has 2 aromatic carbocycles. The van der Waals surface area contributed by atoms with Crippen molar-refractivity contribution in [3.8, 4) is 0 Å². The van der Waals surface area contributed by atoms with Crippen molar-refractivity contribution < 1.29 is 37.4 Å². The quantitative estimate of drug-likeness (QED) is 0.495. The molecule has 0 spiro atoms. The first-order valence-corrected chi connectivity index (χ1v) is 12.6. The predicted molar refractivity (Wildman–Crippen MR) is 138 cm³/mol. The van der Waals surface area contributed by atoms with Crippen molar-refractivity contribution in [2.75, 3.05) is 13.2 Å². The molecular formula is C28H32F3N3O5. The Labute approximate surface area is 225 Å². The summed E-state index contributed by atoms with van der Waals surface area (Å²) in [6, 6.07) is 14.0. The molecule has 0 aliphatic carbocycles. The van der Waals surface area contributed by atoms with Gasteiger partial charge in [-0.25, -0.2) is 4.79 Å². The summed E-state index contributed by atoms with van der Waals surface area (Å²) in [7, 11) is 0. The lowest BCUT2D eigenvalue weighted by atomic mass is 9.97. The van der Waals surface area contributed by atoms with Crippen LogP contribution in [0.1, 0.15) is 31.9 Å². The lowest BCUT2D eigenvalue weighted by Crippen LogP contribution is -2.58. The number of ether oxygens (including phenoxy) is 1. The van der Waals surface area contributed by atoms with Gasteiger partial charge in [-0.3, -0.25) is 19.4 Å². The standard InChI is InChI=1S/C28H32F3N3O5/c1-4-39-27(38)34-16-22(20-13-9-6-10-14-20)33(26(37)24(34)18(2)3)17-23(35)32-21(25(36)28(29,30)31)15-19-11-7-5-8-12-19/h5-14,16,18,21,24-25,36H,4,15,17H2,1-3H3,(H,32,35). The number of hydrogen-bond donors (Lipinski definition) is 2. The number of nitrogens with zero attached hydrogens (tertiary/aromatic N) is 2. The smallest absolute Gasteiger partial charge is 0.416 e. The summed E-state index contributed by atoms with van der Waals surface area (Å²) < 4.78 is 45.5. The van der Waals surface area contributed by atoms with E-state index in [-0.39, 0.29) is 24.6 Å². The Morgan fingerprint density at radius 3 is 2.18 bits per heavy atom. The fourth-order valence-electron chi connectivity index (χ4n) is 4.39. The van der Waals surface area contributed by atoms with Crippen molar-refractivity contribution in [2.45, 2.75) is 51.6 Å². The van der Waals surface area contributed by atoms with Gasteiger partial charge in [0, 0.05) is 6.20 Å². The molecule has 39 heavy (non-hydrogen) atoms. The summed E-state index contributed by atoms with van der Waals surface area (Å²) in [5.74, 6) is -1.87. The van der Waals surface area contributed by atoms with Crippen molar-refractivity contribution >= 4 is 23.6 Å². The van der Waals surface area contributed by atoms with Crippen LogP contribution < -0.4 is 5.32 Å². The van der Waals surface area contributed by atoms with Crippen LogP contribution in [-0.4, -0.2) is 70.3 Å². The predicted octanol–water partition coefficient (Wildman–Crippen LogP) is 3.96. The minimum atomic E-state index is -4.98. The second kappa shape index (κ2) is 12.8. The maximum Gasteiger partial charge on any atom is 0.416 e. The number of aliphatic hydroxyl groups excluding tert-OH is 1. The van der Waals surface area contributed by atoms with Crippen LogP contribution in [0.2, 0.25) is 0 Å². The molecule has 0 bridgehead atoms. The van der Waals surface area contributed by atoms with E-state index in [0.717, 1.165) is 4.90 Å². The Morgan fingerprint density at radius 2 is 1.64 bits per heavy atom. The largest absolute Gasteiger partial charge is 0.449 e. The van der Waals surface area contributed by atoms with Gasteiger partial charge >= 0.3 is 12.3 Å². The molecule has 1 aliphatic rings. The molecule has 3 unspecified atom stereocenters. The third-order valence-electron chi connectivity index (χ3n) is 6.21. The van der Waals surface area contributed by atoms with Gasteiger partial charge in [0.05, 0.1) is 18.3 Å². The SMILES string of the molecule is CCOC(=O)N1C=C(c2ccccc2)N(CC(=O)NC(Cc2ccccc2)C(O)C(F)(F)F)C(=O)C1C(C)C. The van der Waals surface area contributed by atoms with E-state index >= 15 is 0 Å². The number of nitrogens with one attached hydrogen (secondary N) is 1. The number of hydrogen-bond acceptors (Lipinski definition) is 5. The zero-order valence-electron chi connectivity index (χ0n) is 21.9. The fourth-order valence-corrected chi connectivity index (χ4v) is 4.39. The number of alkyl halides is 3. The van der Waals surface area contributed by atoms with Gasteiger partial charge in [0.1, 0.15) is 12.6 Å². The Kier molecular flexibility index (Phi) is 9.74. The maximum atomic E-state index is 13.7. The van der Waals surface area contributed by atoms with E-state index in [0.29, 0.717) is 11.1 Å². The molecule has 0 saturated heterocycles. The van der Waals surface area contributed by atoms with Crippen LogP contribution >= 0.6 is 0 Å². The molecule has 3 amide bonds. The Hall–Kier alpha value is -3.86. The van der Waals surface area contributed by atoms with Crippen molar-refractivity contribution in [1.82, 2.24) is 15.1 Å². The molecule has 1 aliphatic heterocycles. The monoisotopic (exact) mass is 547 g/mol. The van der Waals surface area contributed by atoms with Gasteiger partial charge in [0.25, 0.3) is 5.91 Å². The third kappa shape index (κ3) is 7.38. The van der Waals surface area contributed by atoms with Crippen molar-refractivity contribution in [3.63, 3.8) is 0 Å². The van der Waals surface area contributed by atoms with E-state index in [2.05, 4.69) is 5.32 Å². The Morgan fingerprint density at radius 1 is 1.05 bits per heavy atom. The molecule has 3 atom stereocenters.